The lowest BCUT2D eigenvalue weighted by Gasteiger charge is -2.13. The Bertz CT molecular complexity index is 1240. The van der Waals surface area contributed by atoms with Crippen molar-refractivity contribution in [2.24, 2.45) is 0 Å². The Labute approximate surface area is 180 Å². The van der Waals surface area contributed by atoms with Crippen LogP contribution in [0.5, 0.6) is 0 Å². The third-order valence-electron chi connectivity index (χ3n) is 5.90. The fourth-order valence-corrected chi connectivity index (χ4v) is 5.62. The van der Waals surface area contributed by atoms with Crippen LogP contribution in [0.1, 0.15) is 39.2 Å². The van der Waals surface area contributed by atoms with E-state index in [1.165, 1.54) is 5.56 Å². The lowest BCUT2D eigenvalue weighted by molar-refractivity contribution is 0.0950. The van der Waals surface area contributed by atoms with Crippen LogP contribution in [-0.2, 0) is 42.4 Å². The van der Waals surface area contributed by atoms with Crippen LogP contribution < -0.4 is 10.0 Å². The Morgan fingerprint density at radius 1 is 1.16 bits per heavy atom. The minimum atomic E-state index is -3.64. The third kappa shape index (κ3) is 3.98. The van der Waals surface area contributed by atoms with E-state index in [0.717, 1.165) is 36.1 Å². The van der Waals surface area contributed by atoms with Crippen LogP contribution in [0.3, 0.4) is 0 Å². The van der Waals surface area contributed by atoms with Gasteiger partial charge in [0.25, 0.3) is 5.91 Å². The molecule has 1 aromatic carbocycles. The largest absolute Gasteiger partial charge is 0.348 e. The average molecular weight is 438 g/mol. The van der Waals surface area contributed by atoms with E-state index in [4.69, 9.17) is 0 Å². The maximum atomic E-state index is 12.9. The number of sulfonamides is 1. The van der Waals surface area contributed by atoms with Gasteiger partial charge < -0.3 is 5.32 Å². The van der Waals surface area contributed by atoms with Gasteiger partial charge in [0.1, 0.15) is 0 Å². The Hall–Kier alpha value is -3.04. The normalized spacial score (nSPS) is 17.4. The van der Waals surface area contributed by atoms with Gasteiger partial charge in [0.15, 0.2) is 0 Å². The summed E-state index contributed by atoms with van der Waals surface area (Å²) in [6, 6.07) is 8.75. The zero-order chi connectivity index (χ0) is 21.4. The molecule has 160 valence electrons. The highest BCUT2D eigenvalue weighted by Gasteiger charge is 2.31. The van der Waals surface area contributed by atoms with Crippen molar-refractivity contribution < 1.29 is 13.2 Å². The van der Waals surface area contributed by atoms with Crippen molar-refractivity contribution >= 4 is 15.9 Å². The Morgan fingerprint density at radius 3 is 2.87 bits per heavy atom. The van der Waals surface area contributed by atoms with E-state index in [1.807, 2.05) is 18.2 Å². The molecule has 3 heterocycles. The number of pyridine rings is 1. The number of hydrogen-bond donors (Lipinski definition) is 2. The van der Waals surface area contributed by atoms with E-state index in [9.17, 15) is 13.2 Å². The number of rotatable bonds is 6. The second-order valence-corrected chi connectivity index (χ2v) is 9.75. The molecular weight excluding hydrogens is 414 g/mol. The molecule has 1 aliphatic heterocycles. The van der Waals surface area contributed by atoms with Crippen LogP contribution in [-0.4, -0.2) is 35.1 Å². The van der Waals surface area contributed by atoms with Crippen molar-refractivity contribution in [3.05, 3.63) is 76.9 Å². The van der Waals surface area contributed by atoms with E-state index in [2.05, 4.69) is 20.1 Å². The van der Waals surface area contributed by atoms with Crippen molar-refractivity contribution in [2.45, 2.75) is 49.7 Å². The van der Waals surface area contributed by atoms with Gasteiger partial charge >= 0.3 is 0 Å². The molecule has 2 N–H and O–H groups in total. The highest BCUT2D eigenvalue weighted by Crippen LogP contribution is 2.26. The number of amides is 1. The molecular formula is C22H23N5O3S. The van der Waals surface area contributed by atoms with Gasteiger partial charge in [0.05, 0.1) is 28.9 Å². The number of carbonyl (C=O) groups is 1. The summed E-state index contributed by atoms with van der Waals surface area (Å²) < 4.78 is 30.3. The first-order chi connectivity index (χ1) is 15.0. The summed E-state index contributed by atoms with van der Waals surface area (Å²) in [6.07, 6.45) is 8.35. The summed E-state index contributed by atoms with van der Waals surface area (Å²) in [5.41, 5.74) is 4.48. The van der Waals surface area contributed by atoms with Crippen molar-refractivity contribution in [1.29, 1.82) is 0 Å². The van der Waals surface area contributed by atoms with Crippen LogP contribution in [0.15, 0.2) is 53.8 Å². The molecule has 31 heavy (non-hydrogen) atoms. The Morgan fingerprint density at radius 2 is 2.03 bits per heavy atom. The first-order valence-corrected chi connectivity index (χ1v) is 11.8. The van der Waals surface area contributed by atoms with E-state index < -0.39 is 10.0 Å². The molecule has 0 fully saturated rings. The van der Waals surface area contributed by atoms with Crippen molar-refractivity contribution in [1.82, 2.24) is 24.8 Å². The standard InChI is InChI=1S/C22H23N5O3S/c28-22(24-12-15-3-2-8-23-11-15)20-13-25-27-14-18(10-21(20)27)26-31(29,30)19-7-6-16-4-1-5-17(16)9-19/h2-3,6-9,11,13,18,26H,1,4-5,10,12,14H2,(H,24,28)/t18-/m0/s1. The summed E-state index contributed by atoms with van der Waals surface area (Å²) in [7, 11) is -3.64. The molecule has 1 atom stereocenters. The number of fused-ring (bicyclic) bond motifs is 2. The molecule has 2 aromatic heterocycles. The number of nitrogens with zero attached hydrogens (tertiary/aromatic N) is 3. The van der Waals surface area contributed by atoms with E-state index in [1.54, 1.807) is 35.4 Å². The quantitative estimate of drug-likeness (QED) is 0.609. The molecule has 0 saturated heterocycles. The molecule has 1 amide bonds. The number of aromatic nitrogens is 3. The van der Waals surface area contributed by atoms with Gasteiger partial charge in [0.2, 0.25) is 10.0 Å². The molecule has 5 rings (SSSR count). The number of aryl methyl sites for hydroxylation is 2. The highest BCUT2D eigenvalue weighted by molar-refractivity contribution is 7.89. The van der Waals surface area contributed by atoms with Gasteiger partial charge in [-0.3, -0.25) is 14.5 Å². The number of nitrogens with one attached hydrogen (secondary N) is 2. The summed E-state index contributed by atoms with van der Waals surface area (Å²) in [5.74, 6) is -0.229. The maximum Gasteiger partial charge on any atom is 0.255 e. The number of benzene rings is 1. The van der Waals surface area contributed by atoms with Gasteiger partial charge in [0, 0.05) is 31.4 Å². The molecule has 2 aliphatic rings. The topological polar surface area (TPSA) is 106 Å². The Kier molecular flexibility index (Phi) is 5.07. The number of hydrogen-bond acceptors (Lipinski definition) is 5. The van der Waals surface area contributed by atoms with Crippen LogP contribution >= 0.6 is 0 Å². The molecule has 9 heteroatoms. The molecule has 0 radical (unpaired) electrons. The minimum Gasteiger partial charge on any atom is -0.348 e. The molecule has 0 unspecified atom stereocenters. The molecule has 3 aromatic rings. The summed E-state index contributed by atoms with van der Waals surface area (Å²) in [4.78, 5) is 17.0. The molecule has 8 nitrogen and oxygen atoms in total. The maximum absolute atomic E-state index is 12.9. The fourth-order valence-electron chi connectivity index (χ4n) is 4.34. The number of carbonyl (C=O) groups excluding carboxylic acids is 1. The predicted molar refractivity (Wildman–Crippen MR) is 114 cm³/mol. The summed E-state index contributed by atoms with van der Waals surface area (Å²) in [6.45, 7) is 0.765. The van der Waals surface area contributed by atoms with Crippen molar-refractivity contribution in [2.75, 3.05) is 0 Å². The van der Waals surface area contributed by atoms with E-state index in [0.29, 0.717) is 30.0 Å². The molecule has 0 saturated carbocycles. The van der Waals surface area contributed by atoms with E-state index in [-0.39, 0.29) is 11.9 Å². The van der Waals surface area contributed by atoms with Gasteiger partial charge in [-0.2, -0.15) is 5.10 Å². The van der Waals surface area contributed by atoms with Crippen LogP contribution in [0.4, 0.5) is 0 Å². The zero-order valence-corrected chi connectivity index (χ0v) is 17.7. The minimum absolute atomic E-state index is 0.229. The second-order valence-electron chi connectivity index (χ2n) is 8.04. The summed E-state index contributed by atoms with van der Waals surface area (Å²) >= 11 is 0. The van der Waals surface area contributed by atoms with Crippen LogP contribution in [0, 0.1) is 0 Å². The first kappa shape index (κ1) is 19.9. The van der Waals surface area contributed by atoms with Gasteiger partial charge in [-0.25, -0.2) is 13.1 Å². The monoisotopic (exact) mass is 437 g/mol. The predicted octanol–water partition coefficient (Wildman–Crippen LogP) is 1.60. The zero-order valence-electron chi connectivity index (χ0n) is 16.9. The third-order valence-corrected chi connectivity index (χ3v) is 7.42. The van der Waals surface area contributed by atoms with E-state index >= 15 is 0 Å². The van der Waals surface area contributed by atoms with Crippen LogP contribution in [0.2, 0.25) is 0 Å². The lowest BCUT2D eigenvalue weighted by atomic mass is 10.1. The molecule has 1 aliphatic carbocycles. The highest BCUT2D eigenvalue weighted by atomic mass is 32.2. The van der Waals surface area contributed by atoms with Crippen molar-refractivity contribution in [3.8, 4) is 0 Å². The second kappa shape index (κ2) is 7.90. The lowest BCUT2D eigenvalue weighted by Crippen LogP contribution is -2.36. The van der Waals surface area contributed by atoms with Gasteiger partial charge in [-0.1, -0.05) is 12.1 Å². The average Bonchev–Trinajstić information content (AvgIpc) is 3.47. The first-order valence-electron chi connectivity index (χ1n) is 10.4. The smallest absolute Gasteiger partial charge is 0.255 e. The summed E-state index contributed by atoms with van der Waals surface area (Å²) in [5, 5.41) is 7.15. The van der Waals surface area contributed by atoms with Crippen molar-refractivity contribution in [3.63, 3.8) is 0 Å². The molecule has 0 bridgehead atoms. The Balaban J connectivity index is 1.26. The fraction of sp³-hybridized carbons (Fsp3) is 0.318. The van der Waals surface area contributed by atoms with Gasteiger partial charge in [-0.15, -0.1) is 0 Å². The molecule has 0 spiro atoms. The van der Waals surface area contributed by atoms with Gasteiger partial charge in [-0.05, 0) is 54.2 Å². The van der Waals surface area contributed by atoms with Crippen LogP contribution in [0.25, 0.3) is 0 Å². The SMILES string of the molecule is O=C(NCc1cccnc1)c1cnn2c1C[C@H](NS(=O)(=O)c1ccc3c(c1)CCC3)C2.